The van der Waals surface area contributed by atoms with Crippen molar-refractivity contribution in [3.63, 3.8) is 0 Å². The number of hydrogen-bond donors (Lipinski definition) is 1. The van der Waals surface area contributed by atoms with Crippen LogP contribution >= 0.6 is 11.6 Å². The summed E-state index contributed by atoms with van der Waals surface area (Å²) in [7, 11) is 1.56. The number of anilines is 1. The van der Waals surface area contributed by atoms with Crippen molar-refractivity contribution in [1.82, 2.24) is 4.90 Å². The zero-order valence-electron chi connectivity index (χ0n) is 20.4. The van der Waals surface area contributed by atoms with Crippen molar-refractivity contribution in [2.24, 2.45) is 5.41 Å². The Morgan fingerprint density at radius 3 is 2.51 bits per heavy atom. The molecule has 35 heavy (non-hydrogen) atoms. The maximum absolute atomic E-state index is 13.5. The Morgan fingerprint density at radius 2 is 1.86 bits per heavy atom. The van der Waals surface area contributed by atoms with E-state index in [0.717, 1.165) is 10.5 Å². The van der Waals surface area contributed by atoms with Crippen LogP contribution in [0.1, 0.15) is 44.4 Å². The van der Waals surface area contributed by atoms with Gasteiger partial charge in [-0.05, 0) is 29.7 Å². The number of carboxylic acids is 1. The number of para-hydroxylation sites is 1. The van der Waals surface area contributed by atoms with Gasteiger partial charge in [-0.25, -0.2) is 0 Å². The second-order valence-corrected chi connectivity index (χ2v) is 10.1. The molecule has 0 spiro atoms. The van der Waals surface area contributed by atoms with Gasteiger partial charge in [-0.3, -0.25) is 14.4 Å². The van der Waals surface area contributed by atoms with Gasteiger partial charge in [0.2, 0.25) is 11.8 Å². The second kappa shape index (κ2) is 11.1. The number of carboxylic acid groups (broad SMARTS) is 1. The molecule has 0 fully saturated rings. The van der Waals surface area contributed by atoms with Gasteiger partial charge in [0.15, 0.2) is 0 Å². The van der Waals surface area contributed by atoms with E-state index in [1.807, 2.05) is 45.0 Å². The van der Waals surface area contributed by atoms with E-state index in [1.165, 1.54) is 0 Å². The zero-order valence-corrected chi connectivity index (χ0v) is 21.2. The molecule has 9 heteroatoms. The SMILES string of the molecule is COc1ccccc1C1OCCN(CC(=O)O)C(=O)CC(=O)N(CC(C)(C)C)c2ccc(Cl)cc21. The fraction of sp³-hybridized carbons (Fsp3) is 0.423. The van der Waals surface area contributed by atoms with E-state index in [1.54, 1.807) is 30.2 Å². The van der Waals surface area contributed by atoms with Crippen molar-refractivity contribution < 1.29 is 29.0 Å². The minimum Gasteiger partial charge on any atom is -0.496 e. The van der Waals surface area contributed by atoms with Gasteiger partial charge in [0, 0.05) is 34.9 Å². The van der Waals surface area contributed by atoms with Crippen molar-refractivity contribution in [1.29, 1.82) is 0 Å². The van der Waals surface area contributed by atoms with Crippen LogP contribution in [0.15, 0.2) is 42.5 Å². The van der Waals surface area contributed by atoms with Crippen molar-refractivity contribution in [3.8, 4) is 5.75 Å². The highest BCUT2D eigenvalue weighted by molar-refractivity contribution is 6.30. The Hall–Kier alpha value is -3.10. The lowest BCUT2D eigenvalue weighted by atomic mass is 9.93. The van der Waals surface area contributed by atoms with E-state index in [2.05, 4.69) is 0 Å². The lowest BCUT2D eigenvalue weighted by molar-refractivity contribution is -0.146. The summed E-state index contributed by atoms with van der Waals surface area (Å²) in [6.07, 6.45) is -1.14. The predicted octanol–water partition coefficient (Wildman–Crippen LogP) is 4.15. The molecular formula is C26H31ClN2O6. The average Bonchev–Trinajstić information content (AvgIpc) is 2.79. The van der Waals surface area contributed by atoms with Crippen LogP contribution in [0.3, 0.4) is 0 Å². The molecule has 2 amide bonds. The van der Waals surface area contributed by atoms with E-state index in [-0.39, 0.29) is 18.6 Å². The molecule has 1 atom stereocenters. The molecule has 0 radical (unpaired) electrons. The maximum atomic E-state index is 13.5. The number of benzene rings is 2. The van der Waals surface area contributed by atoms with Crippen LogP contribution in [-0.4, -0.2) is 61.1 Å². The molecule has 1 aliphatic heterocycles. The fourth-order valence-electron chi connectivity index (χ4n) is 4.07. The molecule has 1 aliphatic rings. The summed E-state index contributed by atoms with van der Waals surface area (Å²) >= 11 is 6.41. The van der Waals surface area contributed by atoms with E-state index in [9.17, 15) is 19.5 Å². The molecule has 1 heterocycles. The van der Waals surface area contributed by atoms with Crippen LogP contribution in [0, 0.1) is 5.41 Å². The van der Waals surface area contributed by atoms with Crippen LogP contribution in [0.2, 0.25) is 5.02 Å². The third kappa shape index (κ3) is 6.74. The smallest absolute Gasteiger partial charge is 0.323 e. The van der Waals surface area contributed by atoms with E-state index in [4.69, 9.17) is 21.1 Å². The molecule has 0 saturated carbocycles. The summed E-state index contributed by atoms with van der Waals surface area (Å²) < 4.78 is 11.9. The molecule has 0 bridgehead atoms. The second-order valence-electron chi connectivity index (χ2n) is 9.62. The van der Waals surface area contributed by atoms with Gasteiger partial charge in [-0.2, -0.15) is 0 Å². The van der Waals surface area contributed by atoms with Crippen LogP contribution < -0.4 is 9.64 Å². The number of fused-ring (bicyclic) bond motifs is 1. The Balaban J connectivity index is 2.21. The zero-order chi connectivity index (χ0) is 25.8. The Morgan fingerprint density at radius 1 is 1.14 bits per heavy atom. The number of hydrogen-bond acceptors (Lipinski definition) is 5. The van der Waals surface area contributed by atoms with Crippen LogP contribution in [0.25, 0.3) is 0 Å². The number of nitrogens with zero attached hydrogens (tertiary/aromatic N) is 2. The largest absolute Gasteiger partial charge is 0.496 e. The molecule has 2 aromatic carbocycles. The normalized spacial score (nSPS) is 17.6. The van der Waals surface area contributed by atoms with Crippen molar-refractivity contribution >= 4 is 35.1 Å². The summed E-state index contributed by atoms with van der Waals surface area (Å²) in [4.78, 5) is 40.5. The highest BCUT2D eigenvalue weighted by atomic mass is 35.5. The molecule has 1 N–H and O–H groups in total. The highest BCUT2D eigenvalue weighted by Crippen LogP contribution is 2.40. The first-order chi connectivity index (χ1) is 16.5. The van der Waals surface area contributed by atoms with Crippen LogP contribution in [-0.2, 0) is 19.1 Å². The number of aliphatic carboxylic acids is 1. The molecule has 0 aliphatic carbocycles. The third-order valence-corrected chi connectivity index (χ3v) is 5.78. The minimum atomic E-state index is -1.16. The standard InChI is InChI=1S/C26H31ClN2O6/c1-26(2,3)16-29-20-10-9-17(27)13-19(20)25(18-7-5-6-8-21(18)34-4)35-12-11-28(15-24(32)33)22(30)14-23(29)31/h5-10,13,25H,11-12,14-16H2,1-4H3,(H,32,33). The first-order valence-electron chi connectivity index (χ1n) is 11.3. The number of amides is 2. The summed E-state index contributed by atoms with van der Waals surface area (Å²) in [6, 6.07) is 12.6. The van der Waals surface area contributed by atoms with Gasteiger partial charge in [0.1, 0.15) is 24.8 Å². The van der Waals surface area contributed by atoms with Crippen LogP contribution in [0.5, 0.6) is 5.75 Å². The van der Waals surface area contributed by atoms with E-state index >= 15 is 0 Å². The molecule has 188 valence electrons. The van der Waals surface area contributed by atoms with Gasteiger partial charge < -0.3 is 24.4 Å². The predicted molar refractivity (Wildman–Crippen MR) is 133 cm³/mol. The van der Waals surface area contributed by atoms with Crippen molar-refractivity contribution in [2.45, 2.75) is 33.3 Å². The molecule has 3 rings (SSSR count). The van der Waals surface area contributed by atoms with Gasteiger partial charge in [0.05, 0.1) is 13.7 Å². The molecule has 0 saturated heterocycles. The quantitative estimate of drug-likeness (QED) is 0.617. The Kier molecular flexibility index (Phi) is 8.40. The van der Waals surface area contributed by atoms with Gasteiger partial charge in [-0.1, -0.05) is 50.6 Å². The number of halogens is 1. The molecule has 2 aromatic rings. The first kappa shape index (κ1) is 26.5. The molecular weight excluding hydrogens is 472 g/mol. The van der Waals surface area contributed by atoms with Gasteiger partial charge >= 0.3 is 5.97 Å². The number of carbonyl (C=O) groups is 3. The number of ether oxygens (including phenoxy) is 2. The van der Waals surface area contributed by atoms with E-state index < -0.39 is 36.9 Å². The summed E-state index contributed by atoms with van der Waals surface area (Å²) in [6.45, 7) is 5.84. The van der Waals surface area contributed by atoms with Crippen LogP contribution in [0.4, 0.5) is 5.69 Å². The summed E-state index contributed by atoms with van der Waals surface area (Å²) in [5, 5.41) is 9.77. The lowest BCUT2D eigenvalue weighted by Gasteiger charge is -2.33. The van der Waals surface area contributed by atoms with E-state index in [0.29, 0.717) is 28.6 Å². The summed E-state index contributed by atoms with van der Waals surface area (Å²) in [5.74, 6) is -1.57. The van der Waals surface area contributed by atoms with Gasteiger partial charge in [0.25, 0.3) is 0 Å². The van der Waals surface area contributed by atoms with Gasteiger partial charge in [-0.15, -0.1) is 0 Å². The Bertz CT molecular complexity index is 1100. The monoisotopic (exact) mass is 502 g/mol. The maximum Gasteiger partial charge on any atom is 0.323 e. The lowest BCUT2D eigenvalue weighted by Crippen LogP contribution is -2.43. The molecule has 1 unspecified atom stereocenters. The van der Waals surface area contributed by atoms with Crippen molar-refractivity contribution in [3.05, 3.63) is 58.6 Å². The average molecular weight is 503 g/mol. The first-order valence-corrected chi connectivity index (χ1v) is 11.7. The minimum absolute atomic E-state index is 0.0131. The Labute approximate surface area is 210 Å². The topological polar surface area (TPSA) is 96.4 Å². The number of rotatable bonds is 5. The third-order valence-electron chi connectivity index (χ3n) is 5.54. The van der Waals surface area contributed by atoms with Crippen molar-refractivity contribution in [2.75, 3.05) is 38.3 Å². The highest BCUT2D eigenvalue weighted by Gasteiger charge is 2.32. The molecule has 8 nitrogen and oxygen atoms in total. The molecule has 0 aromatic heterocycles. The fourth-order valence-corrected chi connectivity index (χ4v) is 4.25. The number of carbonyl (C=O) groups excluding carboxylic acids is 2. The summed E-state index contributed by atoms with van der Waals surface area (Å²) in [5.41, 5.74) is 1.65. The number of methoxy groups -OCH3 is 1.